The summed E-state index contributed by atoms with van der Waals surface area (Å²) in [4.78, 5) is 14.5. The van der Waals surface area contributed by atoms with Crippen LogP contribution in [0.5, 0.6) is 0 Å². The highest BCUT2D eigenvalue weighted by atomic mass is 32.2. The standard InChI is InChI=1S/C17H28N4O4S/c1-20-11-15(9-18-20)10-19-26(23,24)13-14-3-2-6-21(12-14)17(22)16-4-7-25-8-5-16/h9,11,14,16,19H,2-8,10,12-13H2,1H3/t14-/m1/s1. The molecule has 3 rings (SSSR count). The van der Waals surface area contributed by atoms with Crippen molar-refractivity contribution in [2.45, 2.75) is 32.2 Å². The van der Waals surface area contributed by atoms with E-state index in [9.17, 15) is 13.2 Å². The first-order valence-corrected chi connectivity index (χ1v) is 10.9. The number of aryl methyl sites for hydroxylation is 1. The lowest BCUT2D eigenvalue weighted by molar-refractivity contribution is -0.140. The van der Waals surface area contributed by atoms with E-state index in [4.69, 9.17) is 4.74 Å². The van der Waals surface area contributed by atoms with Gasteiger partial charge in [0.15, 0.2) is 0 Å². The number of carbonyl (C=O) groups is 1. The molecule has 8 nitrogen and oxygen atoms in total. The topological polar surface area (TPSA) is 93.5 Å². The summed E-state index contributed by atoms with van der Waals surface area (Å²) in [5, 5.41) is 4.04. The molecule has 0 radical (unpaired) electrons. The van der Waals surface area contributed by atoms with Gasteiger partial charge in [-0.2, -0.15) is 5.10 Å². The Morgan fingerprint density at radius 3 is 2.81 bits per heavy atom. The highest BCUT2D eigenvalue weighted by Crippen LogP contribution is 2.23. The van der Waals surface area contributed by atoms with Crippen molar-refractivity contribution in [3.63, 3.8) is 0 Å². The Morgan fingerprint density at radius 1 is 1.35 bits per heavy atom. The van der Waals surface area contributed by atoms with Crippen molar-refractivity contribution in [2.24, 2.45) is 18.9 Å². The second-order valence-corrected chi connectivity index (χ2v) is 9.16. The van der Waals surface area contributed by atoms with Gasteiger partial charge in [0.25, 0.3) is 0 Å². The van der Waals surface area contributed by atoms with E-state index >= 15 is 0 Å². The zero-order chi connectivity index (χ0) is 18.6. The molecule has 2 aliphatic rings. The Hall–Kier alpha value is -1.45. The normalized spacial score (nSPS) is 22.5. The second-order valence-electron chi connectivity index (χ2n) is 7.30. The summed E-state index contributed by atoms with van der Waals surface area (Å²) in [6.07, 6.45) is 6.67. The third-order valence-corrected chi connectivity index (χ3v) is 6.61. The highest BCUT2D eigenvalue weighted by molar-refractivity contribution is 7.89. The van der Waals surface area contributed by atoms with E-state index in [-0.39, 0.29) is 30.0 Å². The molecule has 2 fully saturated rings. The van der Waals surface area contributed by atoms with Crippen LogP contribution in [0.15, 0.2) is 12.4 Å². The van der Waals surface area contributed by atoms with Crippen molar-refractivity contribution < 1.29 is 17.9 Å². The van der Waals surface area contributed by atoms with Gasteiger partial charge in [-0.15, -0.1) is 0 Å². The minimum absolute atomic E-state index is 0.0149. The molecule has 0 bridgehead atoms. The number of ether oxygens (including phenoxy) is 1. The minimum atomic E-state index is -3.39. The first-order valence-electron chi connectivity index (χ1n) is 9.24. The maximum Gasteiger partial charge on any atom is 0.225 e. The smallest absolute Gasteiger partial charge is 0.225 e. The van der Waals surface area contributed by atoms with Gasteiger partial charge in [-0.25, -0.2) is 13.1 Å². The van der Waals surface area contributed by atoms with Crippen LogP contribution in [0.4, 0.5) is 0 Å². The number of hydrogen-bond donors (Lipinski definition) is 1. The van der Waals surface area contributed by atoms with Gasteiger partial charge in [-0.05, 0) is 31.6 Å². The summed E-state index contributed by atoms with van der Waals surface area (Å²) in [5.74, 6) is 0.241. The molecule has 1 amide bonds. The fourth-order valence-corrected chi connectivity index (χ4v) is 5.13. The van der Waals surface area contributed by atoms with Gasteiger partial charge in [0.1, 0.15) is 0 Å². The van der Waals surface area contributed by atoms with E-state index in [1.165, 1.54) is 0 Å². The molecule has 0 aromatic carbocycles. The number of rotatable bonds is 6. The molecule has 1 atom stereocenters. The fourth-order valence-electron chi connectivity index (χ4n) is 3.73. The van der Waals surface area contributed by atoms with Crippen molar-refractivity contribution >= 4 is 15.9 Å². The van der Waals surface area contributed by atoms with Gasteiger partial charge in [-0.1, -0.05) is 0 Å². The van der Waals surface area contributed by atoms with Gasteiger partial charge >= 0.3 is 0 Å². The van der Waals surface area contributed by atoms with Crippen LogP contribution >= 0.6 is 0 Å². The molecule has 2 saturated heterocycles. The fraction of sp³-hybridized carbons (Fsp3) is 0.765. The van der Waals surface area contributed by atoms with Crippen LogP contribution in [-0.4, -0.2) is 61.1 Å². The lowest BCUT2D eigenvalue weighted by Gasteiger charge is -2.35. The number of amides is 1. The number of likely N-dealkylation sites (tertiary alicyclic amines) is 1. The average molecular weight is 385 g/mol. The number of nitrogens with one attached hydrogen (secondary N) is 1. The quantitative estimate of drug-likeness (QED) is 0.771. The Balaban J connectivity index is 1.51. The van der Waals surface area contributed by atoms with Crippen LogP contribution in [0, 0.1) is 11.8 Å². The van der Waals surface area contributed by atoms with E-state index in [0.717, 1.165) is 37.8 Å². The molecule has 0 saturated carbocycles. The molecule has 26 heavy (non-hydrogen) atoms. The van der Waals surface area contributed by atoms with E-state index in [2.05, 4.69) is 9.82 Å². The summed E-state index contributed by atoms with van der Waals surface area (Å²) in [6.45, 7) is 2.79. The lowest BCUT2D eigenvalue weighted by atomic mass is 9.95. The van der Waals surface area contributed by atoms with Crippen LogP contribution in [0.2, 0.25) is 0 Å². The molecule has 0 unspecified atom stereocenters. The van der Waals surface area contributed by atoms with Gasteiger partial charge in [0, 0.05) is 57.6 Å². The largest absolute Gasteiger partial charge is 0.381 e. The van der Waals surface area contributed by atoms with E-state index < -0.39 is 10.0 Å². The molecule has 1 aromatic rings. The summed E-state index contributed by atoms with van der Waals surface area (Å²) in [5.41, 5.74) is 0.830. The van der Waals surface area contributed by atoms with Crippen LogP contribution in [0.25, 0.3) is 0 Å². The summed E-state index contributed by atoms with van der Waals surface area (Å²) in [6, 6.07) is 0. The van der Waals surface area contributed by atoms with E-state index in [0.29, 0.717) is 19.8 Å². The molecule has 0 aliphatic carbocycles. The first-order chi connectivity index (χ1) is 12.4. The Morgan fingerprint density at radius 2 is 2.12 bits per heavy atom. The third-order valence-electron chi connectivity index (χ3n) is 5.11. The Kier molecular flexibility index (Phi) is 6.31. The monoisotopic (exact) mass is 384 g/mol. The minimum Gasteiger partial charge on any atom is -0.381 e. The van der Waals surface area contributed by atoms with Crippen LogP contribution in [0.1, 0.15) is 31.2 Å². The van der Waals surface area contributed by atoms with Crippen molar-refractivity contribution in [1.29, 1.82) is 0 Å². The van der Waals surface area contributed by atoms with Gasteiger partial charge in [0.2, 0.25) is 15.9 Å². The van der Waals surface area contributed by atoms with E-state index in [1.807, 2.05) is 4.90 Å². The Bertz CT molecular complexity index is 712. The maximum atomic E-state index is 12.7. The van der Waals surface area contributed by atoms with Crippen molar-refractivity contribution in [2.75, 3.05) is 32.1 Å². The van der Waals surface area contributed by atoms with Crippen LogP contribution in [0.3, 0.4) is 0 Å². The average Bonchev–Trinajstić information content (AvgIpc) is 3.05. The summed E-state index contributed by atoms with van der Waals surface area (Å²) < 4.78 is 34.4. The molecule has 3 heterocycles. The predicted octanol–water partition coefficient (Wildman–Crippen LogP) is 0.505. The molecular formula is C17H28N4O4S. The SMILES string of the molecule is Cn1cc(CNS(=O)(=O)C[C@@H]2CCCN(C(=O)C3CCOCC3)C2)cn1. The molecule has 0 spiro atoms. The van der Waals surface area contributed by atoms with Crippen LogP contribution in [-0.2, 0) is 33.1 Å². The van der Waals surface area contributed by atoms with Gasteiger partial charge in [-0.3, -0.25) is 9.48 Å². The van der Waals surface area contributed by atoms with Gasteiger partial charge in [0.05, 0.1) is 11.9 Å². The number of carbonyl (C=O) groups excluding carboxylic acids is 1. The van der Waals surface area contributed by atoms with E-state index in [1.54, 1.807) is 24.1 Å². The molecule has 1 aromatic heterocycles. The lowest BCUT2D eigenvalue weighted by Crippen LogP contribution is -2.46. The highest BCUT2D eigenvalue weighted by Gasteiger charge is 2.31. The van der Waals surface area contributed by atoms with Gasteiger partial charge < -0.3 is 9.64 Å². The number of hydrogen-bond acceptors (Lipinski definition) is 5. The maximum absolute atomic E-state index is 12.7. The zero-order valence-electron chi connectivity index (χ0n) is 15.3. The third kappa shape index (κ3) is 5.28. The van der Waals surface area contributed by atoms with Crippen molar-refractivity contribution in [1.82, 2.24) is 19.4 Å². The molecule has 9 heteroatoms. The molecule has 146 valence electrons. The van der Waals surface area contributed by atoms with Crippen molar-refractivity contribution in [3.05, 3.63) is 18.0 Å². The van der Waals surface area contributed by atoms with Crippen LogP contribution < -0.4 is 4.72 Å². The number of nitrogens with zero attached hydrogens (tertiary/aromatic N) is 3. The number of sulfonamides is 1. The molecule has 2 aliphatic heterocycles. The number of aromatic nitrogens is 2. The zero-order valence-corrected chi connectivity index (χ0v) is 16.1. The summed E-state index contributed by atoms with van der Waals surface area (Å²) >= 11 is 0. The second kappa shape index (κ2) is 8.49. The number of piperidine rings is 1. The molecular weight excluding hydrogens is 356 g/mol. The predicted molar refractivity (Wildman–Crippen MR) is 96.7 cm³/mol. The summed E-state index contributed by atoms with van der Waals surface area (Å²) in [7, 11) is -1.59. The molecule has 1 N–H and O–H groups in total. The van der Waals surface area contributed by atoms with Crippen molar-refractivity contribution in [3.8, 4) is 0 Å². The first kappa shape index (κ1) is 19.3. The Labute approximate surface area is 154 Å².